The molecule has 0 fully saturated rings. The lowest BCUT2D eigenvalue weighted by Gasteiger charge is -2.02. The Hall–Kier alpha value is -1.05. The van der Waals surface area contributed by atoms with Crippen LogP contribution in [-0.2, 0) is 0 Å². The van der Waals surface area contributed by atoms with E-state index in [-0.39, 0.29) is 24.2 Å². The molecule has 0 aliphatic heterocycles. The summed E-state index contributed by atoms with van der Waals surface area (Å²) in [5, 5.41) is 9.28. The van der Waals surface area contributed by atoms with Gasteiger partial charge in [-0.2, -0.15) is 0 Å². The largest absolute Gasteiger partial charge is 0.508 e. The van der Waals surface area contributed by atoms with Gasteiger partial charge in [0.2, 0.25) is 0 Å². The summed E-state index contributed by atoms with van der Waals surface area (Å²) in [6.07, 6.45) is -0.280. The summed E-state index contributed by atoms with van der Waals surface area (Å²) >= 11 is 0. The average Bonchev–Trinajstić information content (AvgIpc) is 2.07. The molecular weight excluding hydrogens is 126 g/mol. The standard InChI is InChI=1S/C8H11NO/c1-6(2)8-5-7(10)3-4-9-8/h3-6H,1-2H3,(H,9,10)/i3D,4D,5D. The normalized spacial score (nSPS) is 14.5. The van der Waals surface area contributed by atoms with Crippen LogP contribution in [0.4, 0.5) is 0 Å². The highest BCUT2D eigenvalue weighted by Crippen LogP contribution is 2.15. The molecule has 0 radical (unpaired) electrons. The fraction of sp³-hybridized carbons (Fsp3) is 0.375. The fourth-order valence-corrected chi connectivity index (χ4v) is 0.595. The first-order valence-electron chi connectivity index (χ1n) is 4.61. The summed E-state index contributed by atoms with van der Waals surface area (Å²) in [6, 6.07) is -0.523. The minimum Gasteiger partial charge on any atom is -0.508 e. The second-order valence-corrected chi connectivity index (χ2v) is 2.36. The zero-order chi connectivity index (χ0) is 10.2. The van der Waals surface area contributed by atoms with Crippen molar-refractivity contribution >= 4 is 0 Å². The van der Waals surface area contributed by atoms with E-state index in [0.29, 0.717) is 5.69 Å². The van der Waals surface area contributed by atoms with Crippen LogP contribution in [0.5, 0.6) is 5.75 Å². The van der Waals surface area contributed by atoms with Crippen LogP contribution < -0.4 is 0 Å². The lowest BCUT2D eigenvalue weighted by Crippen LogP contribution is -1.89. The molecule has 10 heavy (non-hydrogen) atoms. The highest BCUT2D eigenvalue weighted by atomic mass is 16.3. The Bertz CT molecular complexity index is 339. The Labute approximate surface area is 64.8 Å². The van der Waals surface area contributed by atoms with Gasteiger partial charge in [-0.25, -0.2) is 0 Å². The second kappa shape index (κ2) is 2.69. The second-order valence-electron chi connectivity index (χ2n) is 2.36. The molecule has 1 aromatic heterocycles. The van der Waals surface area contributed by atoms with E-state index in [1.807, 2.05) is 13.8 Å². The van der Waals surface area contributed by atoms with Crippen LogP contribution >= 0.6 is 0 Å². The average molecular weight is 140 g/mol. The molecule has 0 saturated carbocycles. The third kappa shape index (κ3) is 1.47. The van der Waals surface area contributed by atoms with Crippen molar-refractivity contribution in [3.63, 3.8) is 0 Å². The molecule has 1 heterocycles. The first kappa shape index (κ1) is 3.96. The van der Waals surface area contributed by atoms with Gasteiger partial charge in [-0.3, -0.25) is 4.98 Å². The van der Waals surface area contributed by atoms with Gasteiger partial charge in [-0.15, -0.1) is 0 Å². The number of aromatic hydroxyl groups is 1. The molecule has 0 spiro atoms. The van der Waals surface area contributed by atoms with Crippen molar-refractivity contribution in [1.29, 1.82) is 0 Å². The Morgan fingerprint density at radius 1 is 1.70 bits per heavy atom. The highest BCUT2D eigenvalue weighted by Gasteiger charge is 1.99. The maximum absolute atomic E-state index is 9.28. The molecule has 0 amide bonds. The number of rotatable bonds is 1. The van der Waals surface area contributed by atoms with Crippen LogP contribution in [0.2, 0.25) is 0 Å². The van der Waals surface area contributed by atoms with Crippen molar-refractivity contribution < 1.29 is 9.22 Å². The van der Waals surface area contributed by atoms with E-state index in [4.69, 9.17) is 4.11 Å². The van der Waals surface area contributed by atoms with Gasteiger partial charge in [0.25, 0.3) is 0 Å². The van der Waals surface area contributed by atoms with Crippen molar-refractivity contribution in [3.05, 3.63) is 24.0 Å². The van der Waals surface area contributed by atoms with Crippen LogP contribution in [-0.4, -0.2) is 10.1 Å². The summed E-state index contributed by atoms with van der Waals surface area (Å²) in [6.45, 7) is 3.64. The van der Waals surface area contributed by atoms with Crippen molar-refractivity contribution in [2.24, 2.45) is 0 Å². The monoisotopic (exact) mass is 140 g/mol. The third-order valence-corrected chi connectivity index (χ3v) is 1.14. The van der Waals surface area contributed by atoms with Crippen molar-refractivity contribution in [2.75, 3.05) is 0 Å². The maximum Gasteiger partial charge on any atom is 0.118 e. The molecule has 1 N–H and O–H groups in total. The molecule has 0 aliphatic carbocycles. The Morgan fingerprint density at radius 2 is 2.40 bits per heavy atom. The van der Waals surface area contributed by atoms with Gasteiger partial charge >= 0.3 is 0 Å². The molecule has 1 aromatic rings. The Kier molecular flexibility index (Phi) is 1.07. The molecule has 2 heteroatoms. The molecule has 0 aromatic carbocycles. The summed E-state index contributed by atoms with van der Waals surface area (Å²) in [5.74, 6) is -0.480. The SMILES string of the molecule is [2H]c1nc(C(C)C)c([2H])c(O)c1[2H]. The van der Waals surface area contributed by atoms with E-state index in [1.165, 1.54) is 0 Å². The molecule has 1 rings (SSSR count). The van der Waals surface area contributed by atoms with E-state index in [1.54, 1.807) is 0 Å². The minimum atomic E-state index is -0.455. The summed E-state index contributed by atoms with van der Waals surface area (Å²) in [4.78, 5) is 3.76. The minimum absolute atomic E-state index is 0.0249. The van der Waals surface area contributed by atoms with Gasteiger partial charge in [0.05, 0.1) is 4.11 Å². The first-order valence-corrected chi connectivity index (χ1v) is 3.11. The Balaban J connectivity index is 3.41. The van der Waals surface area contributed by atoms with Gasteiger partial charge in [-0.1, -0.05) is 13.8 Å². The van der Waals surface area contributed by atoms with Crippen molar-refractivity contribution in [2.45, 2.75) is 19.8 Å². The summed E-state index contributed by atoms with van der Waals surface area (Å²) in [5.41, 5.74) is 0.360. The number of nitrogens with zero attached hydrogens (tertiary/aromatic N) is 1. The zero-order valence-corrected chi connectivity index (χ0v) is 5.97. The summed E-state index contributed by atoms with van der Waals surface area (Å²) in [7, 11) is 0. The lowest BCUT2D eigenvalue weighted by molar-refractivity contribution is 0.473. The van der Waals surface area contributed by atoms with Gasteiger partial charge in [-0.05, 0) is 12.0 Å². The predicted octanol–water partition coefficient (Wildman–Crippen LogP) is 1.91. The lowest BCUT2D eigenvalue weighted by atomic mass is 10.1. The summed E-state index contributed by atoms with van der Waals surface area (Å²) < 4.78 is 21.9. The Morgan fingerprint density at radius 3 is 3.00 bits per heavy atom. The number of hydrogen-bond acceptors (Lipinski definition) is 2. The molecule has 0 unspecified atom stereocenters. The first-order chi connectivity index (χ1) is 5.95. The quantitative estimate of drug-likeness (QED) is 0.646. The van der Waals surface area contributed by atoms with Gasteiger partial charge in [0.15, 0.2) is 0 Å². The molecule has 54 valence electrons. The van der Waals surface area contributed by atoms with E-state index in [9.17, 15) is 5.11 Å². The van der Waals surface area contributed by atoms with Gasteiger partial charge in [0.1, 0.15) is 5.75 Å². The molecular formula is C8H11NO. The van der Waals surface area contributed by atoms with Gasteiger partial charge in [0, 0.05) is 17.9 Å². The van der Waals surface area contributed by atoms with E-state index in [0.717, 1.165) is 0 Å². The molecule has 0 bridgehead atoms. The number of pyridine rings is 1. The van der Waals surface area contributed by atoms with Crippen LogP contribution in [0.1, 0.15) is 29.6 Å². The molecule has 0 atom stereocenters. The smallest absolute Gasteiger partial charge is 0.118 e. The van der Waals surface area contributed by atoms with Crippen LogP contribution in [0.25, 0.3) is 0 Å². The number of hydrogen-bond donors (Lipinski definition) is 1. The highest BCUT2D eigenvalue weighted by molar-refractivity contribution is 5.22. The van der Waals surface area contributed by atoms with E-state index >= 15 is 0 Å². The van der Waals surface area contributed by atoms with Crippen molar-refractivity contribution in [3.8, 4) is 5.75 Å². The third-order valence-electron chi connectivity index (χ3n) is 1.14. The zero-order valence-electron chi connectivity index (χ0n) is 8.97. The van der Waals surface area contributed by atoms with Crippen LogP contribution in [0.15, 0.2) is 18.3 Å². The van der Waals surface area contributed by atoms with Crippen LogP contribution in [0, 0.1) is 0 Å². The fourth-order valence-electron chi connectivity index (χ4n) is 0.595. The molecule has 0 saturated heterocycles. The predicted molar refractivity (Wildman–Crippen MR) is 40.0 cm³/mol. The number of aromatic nitrogens is 1. The molecule has 2 nitrogen and oxygen atoms in total. The van der Waals surface area contributed by atoms with Gasteiger partial charge < -0.3 is 5.11 Å². The van der Waals surface area contributed by atoms with Crippen LogP contribution in [0.3, 0.4) is 0 Å². The topological polar surface area (TPSA) is 33.1 Å². The maximum atomic E-state index is 9.28. The molecule has 0 aliphatic rings. The van der Waals surface area contributed by atoms with E-state index in [2.05, 4.69) is 4.98 Å². The van der Waals surface area contributed by atoms with E-state index < -0.39 is 5.75 Å². The van der Waals surface area contributed by atoms with Crippen molar-refractivity contribution in [1.82, 2.24) is 4.98 Å².